The molecule has 0 aliphatic rings. The van der Waals surface area contributed by atoms with Crippen LogP contribution in [0.4, 0.5) is 11.6 Å². The van der Waals surface area contributed by atoms with Crippen LogP contribution in [0.5, 0.6) is 0 Å². The highest BCUT2D eigenvalue weighted by molar-refractivity contribution is 6.35. The minimum Gasteiger partial charge on any atom is -0.447 e. The van der Waals surface area contributed by atoms with Gasteiger partial charge in [0.15, 0.2) is 6.10 Å². The van der Waals surface area contributed by atoms with Crippen LogP contribution in [0, 0.1) is 10.1 Å². The summed E-state index contributed by atoms with van der Waals surface area (Å²) in [5.74, 6) is -2.63. The van der Waals surface area contributed by atoms with Gasteiger partial charge < -0.3 is 14.5 Å². The first-order valence-corrected chi connectivity index (χ1v) is 7.24. The number of hydrogen-bond donors (Lipinski definition) is 1. The second-order valence-corrected chi connectivity index (χ2v) is 5.46. The maximum absolute atomic E-state index is 12.0. The lowest BCUT2D eigenvalue weighted by molar-refractivity contribution is -0.402. The first-order chi connectivity index (χ1) is 11.3. The highest BCUT2D eigenvalue weighted by Crippen LogP contribution is 2.23. The molecule has 24 heavy (non-hydrogen) atoms. The highest BCUT2D eigenvalue weighted by Gasteiger charge is 2.23. The number of furan rings is 1. The third-order valence-electron chi connectivity index (χ3n) is 2.76. The number of carbonyl (C=O) groups is 2. The molecule has 2 rings (SSSR count). The van der Waals surface area contributed by atoms with Crippen LogP contribution in [0.15, 0.2) is 34.7 Å². The molecule has 0 aliphatic heterocycles. The molecule has 8 nitrogen and oxygen atoms in total. The number of ether oxygens (including phenoxy) is 1. The summed E-state index contributed by atoms with van der Waals surface area (Å²) in [6.45, 7) is 1.33. The van der Waals surface area contributed by atoms with E-state index in [0.29, 0.717) is 15.7 Å². The van der Waals surface area contributed by atoms with Gasteiger partial charge in [-0.25, -0.2) is 4.79 Å². The average Bonchev–Trinajstić information content (AvgIpc) is 2.96. The Kier molecular flexibility index (Phi) is 5.42. The molecule has 1 atom stereocenters. The summed E-state index contributed by atoms with van der Waals surface area (Å²) in [6.07, 6.45) is -1.18. The molecule has 0 radical (unpaired) electrons. The Labute approximate surface area is 145 Å². The average molecular weight is 373 g/mol. The topological polar surface area (TPSA) is 112 Å². The maximum atomic E-state index is 12.0. The third-order valence-corrected chi connectivity index (χ3v) is 3.19. The van der Waals surface area contributed by atoms with Crippen LogP contribution < -0.4 is 5.32 Å². The van der Waals surface area contributed by atoms with E-state index in [9.17, 15) is 19.7 Å². The van der Waals surface area contributed by atoms with Crippen molar-refractivity contribution >= 4 is 46.6 Å². The zero-order valence-electron chi connectivity index (χ0n) is 12.1. The number of halogens is 2. The number of benzene rings is 1. The quantitative estimate of drug-likeness (QED) is 0.486. The van der Waals surface area contributed by atoms with Crippen molar-refractivity contribution in [2.24, 2.45) is 0 Å². The van der Waals surface area contributed by atoms with Crippen molar-refractivity contribution in [2.75, 3.05) is 5.32 Å². The summed E-state index contributed by atoms with van der Waals surface area (Å²) in [4.78, 5) is 33.5. The van der Waals surface area contributed by atoms with E-state index in [0.717, 1.165) is 12.1 Å². The molecule has 0 fully saturated rings. The fourth-order valence-electron chi connectivity index (χ4n) is 1.68. The molecule has 2 aromatic rings. The van der Waals surface area contributed by atoms with Crippen molar-refractivity contribution < 1.29 is 23.7 Å². The second kappa shape index (κ2) is 7.33. The minimum absolute atomic E-state index is 0.324. The van der Waals surface area contributed by atoms with Crippen LogP contribution in [0.25, 0.3) is 0 Å². The fraction of sp³-hybridized carbons (Fsp3) is 0.143. The summed E-state index contributed by atoms with van der Waals surface area (Å²) in [6, 6.07) is 6.52. The largest absolute Gasteiger partial charge is 0.447 e. The maximum Gasteiger partial charge on any atom is 0.433 e. The normalized spacial score (nSPS) is 11.6. The Bertz CT molecular complexity index is 784. The SMILES string of the molecule is C[C@@H](OC(=O)c1ccc([N+](=O)[O-])o1)C(=O)Nc1cc(Cl)cc(Cl)c1. The molecule has 126 valence electrons. The Balaban J connectivity index is 1.99. The van der Waals surface area contributed by atoms with Crippen LogP contribution in [0.3, 0.4) is 0 Å². The number of hydrogen-bond acceptors (Lipinski definition) is 6. The number of amides is 1. The van der Waals surface area contributed by atoms with Gasteiger partial charge in [0.05, 0.1) is 6.07 Å². The van der Waals surface area contributed by atoms with Gasteiger partial charge in [0, 0.05) is 15.7 Å². The van der Waals surface area contributed by atoms with Crippen LogP contribution in [0.2, 0.25) is 10.0 Å². The Morgan fingerprint density at radius 3 is 2.42 bits per heavy atom. The van der Waals surface area contributed by atoms with E-state index in [1.54, 1.807) is 0 Å². The van der Waals surface area contributed by atoms with E-state index in [1.165, 1.54) is 25.1 Å². The zero-order chi connectivity index (χ0) is 17.9. The van der Waals surface area contributed by atoms with Gasteiger partial charge in [0.1, 0.15) is 4.92 Å². The molecular formula is C14H10Cl2N2O6. The van der Waals surface area contributed by atoms with Gasteiger partial charge in [0.2, 0.25) is 5.76 Å². The van der Waals surface area contributed by atoms with Crippen molar-refractivity contribution in [3.8, 4) is 0 Å². The van der Waals surface area contributed by atoms with Gasteiger partial charge >= 0.3 is 11.9 Å². The summed E-state index contributed by atoms with van der Waals surface area (Å²) in [5, 5.41) is 13.6. The third kappa shape index (κ3) is 4.46. The second-order valence-electron chi connectivity index (χ2n) is 4.59. The van der Waals surface area contributed by atoms with Crippen LogP contribution in [-0.4, -0.2) is 22.9 Å². The van der Waals surface area contributed by atoms with E-state index in [4.69, 9.17) is 32.4 Å². The molecule has 0 bridgehead atoms. The molecule has 10 heteroatoms. The number of nitro groups is 1. The Morgan fingerprint density at radius 1 is 1.25 bits per heavy atom. The van der Waals surface area contributed by atoms with Crippen LogP contribution in [0.1, 0.15) is 17.5 Å². The summed E-state index contributed by atoms with van der Waals surface area (Å²) < 4.78 is 9.59. The molecule has 1 amide bonds. The van der Waals surface area contributed by atoms with Gasteiger partial charge in [-0.2, -0.15) is 0 Å². The van der Waals surface area contributed by atoms with Gasteiger partial charge in [-0.3, -0.25) is 14.9 Å². The summed E-state index contributed by atoms with van der Waals surface area (Å²) >= 11 is 11.6. The summed E-state index contributed by atoms with van der Waals surface area (Å²) in [7, 11) is 0. The number of nitrogens with zero attached hydrogens (tertiary/aromatic N) is 1. The van der Waals surface area contributed by atoms with Crippen molar-refractivity contribution in [3.05, 3.63) is 56.3 Å². The molecule has 1 aromatic carbocycles. The predicted molar refractivity (Wildman–Crippen MR) is 85.3 cm³/mol. The van der Waals surface area contributed by atoms with Crippen molar-refractivity contribution in [3.63, 3.8) is 0 Å². The van der Waals surface area contributed by atoms with Gasteiger partial charge in [-0.15, -0.1) is 0 Å². The molecule has 1 aromatic heterocycles. The van der Waals surface area contributed by atoms with Gasteiger partial charge in [-0.1, -0.05) is 23.2 Å². The zero-order valence-corrected chi connectivity index (χ0v) is 13.6. The van der Waals surface area contributed by atoms with E-state index in [2.05, 4.69) is 5.32 Å². The molecule has 1 heterocycles. The van der Waals surface area contributed by atoms with Crippen molar-refractivity contribution in [1.29, 1.82) is 0 Å². The Hall–Kier alpha value is -2.58. The molecule has 0 unspecified atom stereocenters. The summed E-state index contributed by atoms with van der Waals surface area (Å²) in [5.41, 5.74) is 0.328. The van der Waals surface area contributed by atoms with Crippen LogP contribution in [-0.2, 0) is 9.53 Å². The number of anilines is 1. The number of esters is 1. The van der Waals surface area contributed by atoms with Gasteiger partial charge in [-0.05, 0) is 31.2 Å². The molecule has 0 spiro atoms. The monoisotopic (exact) mass is 372 g/mol. The standard InChI is InChI=1S/C14H10Cl2N2O6/c1-7(13(19)17-10-5-8(15)4-9(16)6-10)23-14(20)11-2-3-12(24-11)18(21)22/h2-7H,1H3,(H,17,19)/t7-/m1/s1. The van der Waals surface area contributed by atoms with E-state index < -0.39 is 28.8 Å². The van der Waals surface area contributed by atoms with E-state index >= 15 is 0 Å². The first kappa shape index (κ1) is 17.8. The molecule has 0 aliphatic carbocycles. The lowest BCUT2D eigenvalue weighted by atomic mass is 10.3. The van der Waals surface area contributed by atoms with E-state index in [1.807, 2.05) is 0 Å². The van der Waals surface area contributed by atoms with Crippen molar-refractivity contribution in [2.45, 2.75) is 13.0 Å². The fourth-order valence-corrected chi connectivity index (χ4v) is 2.20. The number of carbonyl (C=O) groups excluding carboxylic acids is 2. The highest BCUT2D eigenvalue weighted by atomic mass is 35.5. The van der Waals surface area contributed by atoms with E-state index in [-0.39, 0.29) is 5.76 Å². The van der Waals surface area contributed by atoms with Crippen LogP contribution >= 0.6 is 23.2 Å². The molecule has 1 N–H and O–H groups in total. The predicted octanol–water partition coefficient (Wildman–Crippen LogP) is 3.68. The van der Waals surface area contributed by atoms with Crippen molar-refractivity contribution in [1.82, 2.24) is 0 Å². The molecule has 0 saturated carbocycles. The minimum atomic E-state index is -1.18. The number of nitrogens with one attached hydrogen (secondary N) is 1. The van der Waals surface area contributed by atoms with Gasteiger partial charge in [0.25, 0.3) is 5.91 Å². The lowest BCUT2D eigenvalue weighted by Crippen LogP contribution is -2.29. The first-order valence-electron chi connectivity index (χ1n) is 6.48. The number of rotatable bonds is 5. The molecular weight excluding hydrogens is 363 g/mol. The smallest absolute Gasteiger partial charge is 0.433 e. The Morgan fingerprint density at radius 2 is 1.88 bits per heavy atom. The lowest BCUT2D eigenvalue weighted by Gasteiger charge is -2.13. The molecule has 0 saturated heterocycles.